The van der Waals surface area contributed by atoms with Crippen LogP contribution < -0.4 is 9.61 Å². The number of nitrogens with one attached hydrogen (secondary N) is 1. The Bertz CT molecular complexity index is 731. The van der Waals surface area contributed by atoms with E-state index in [0.29, 0.717) is 0 Å². The van der Waals surface area contributed by atoms with Gasteiger partial charge in [-0.05, 0) is 46.8 Å². The molecule has 164 valence electrons. The van der Waals surface area contributed by atoms with Crippen LogP contribution in [0.1, 0.15) is 34.6 Å². The van der Waals surface area contributed by atoms with Gasteiger partial charge in [-0.2, -0.15) is 5.09 Å². The highest BCUT2D eigenvalue weighted by Crippen LogP contribution is 2.46. The number of para-hydroxylation sites is 1. The zero-order valence-electron chi connectivity index (χ0n) is 17.2. The summed E-state index contributed by atoms with van der Waals surface area (Å²) in [6.07, 6.45) is -3.74. The first-order valence-corrected chi connectivity index (χ1v) is 11.0. The van der Waals surface area contributed by atoms with E-state index in [1.165, 1.54) is 20.8 Å². The van der Waals surface area contributed by atoms with Gasteiger partial charge in [0.15, 0.2) is 5.67 Å². The van der Waals surface area contributed by atoms with E-state index in [1.807, 2.05) is 0 Å². The normalized spacial score (nSPS) is 30.0. The van der Waals surface area contributed by atoms with Gasteiger partial charge in [-0.3, -0.25) is 9.32 Å². The zero-order chi connectivity index (χ0) is 21.8. The molecule has 1 aliphatic heterocycles. The molecule has 1 heterocycles. The van der Waals surface area contributed by atoms with E-state index < -0.39 is 50.3 Å². The van der Waals surface area contributed by atoms with Crippen LogP contribution in [-0.4, -0.2) is 53.8 Å². The second-order valence-corrected chi connectivity index (χ2v) is 9.14. The van der Waals surface area contributed by atoms with Crippen LogP contribution in [-0.2, 0) is 23.4 Å². The van der Waals surface area contributed by atoms with Crippen LogP contribution >= 0.6 is 7.75 Å². The molecule has 2 rings (SSSR count). The van der Waals surface area contributed by atoms with Crippen LogP contribution in [0.3, 0.4) is 0 Å². The number of aliphatic hydroxyl groups excluding tert-OH is 1. The molecule has 29 heavy (non-hydrogen) atoms. The van der Waals surface area contributed by atoms with Crippen molar-refractivity contribution in [3.63, 3.8) is 0 Å². The first-order chi connectivity index (χ1) is 13.4. The summed E-state index contributed by atoms with van der Waals surface area (Å²) in [4.78, 5) is 12.1. The molecule has 10 heteroatoms. The number of aliphatic hydroxyl groups is 1. The first kappa shape index (κ1) is 23.8. The predicted octanol–water partition coefficient (Wildman–Crippen LogP) is 3.00. The van der Waals surface area contributed by atoms with Crippen molar-refractivity contribution in [2.75, 3.05) is 6.61 Å². The van der Waals surface area contributed by atoms with E-state index in [9.17, 15) is 18.9 Å². The summed E-state index contributed by atoms with van der Waals surface area (Å²) >= 11 is 0. The zero-order valence-corrected chi connectivity index (χ0v) is 18.1. The summed E-state index contributed by atoms with van der Waals surface area (Å²) in [5, 5.41) is 12.7. The van der Waals surface area contributed by atoms with Crippen molar-refractivity contribution in [3.8, 4) is 5.75 Å². The second-order valence-electron chi connectivity index (χ2n) is 7.45. The minimum Gasteiger partial charge on any atom is -0.462 e. The summed E-state index contributed by atoms with van der Waals surface area (Å²) in [5.41, 5.74) is -1.97. The summed E-state index contributed by atoms with van der Waals surface area (Å²) in [6.45, 7) is 7.14. The Morgan fingerprint density at radius 1 is 1.34 bits per heavy atom. The van der Waals surface area contributed by atoms with Gasteiger partial charge < -0.3 is 19.1 Å². The maximum absolute atomic E-state index is 14.4. The molecule has 8 nitrogen and oxygen atoms in total. The minimum absolute atomic E-state index is 0.240. The highest BCUT2D eigenvalue weighted by molar-refractivity contribution is 7.52. The first-order valence-electron chi connectivity index (χ1n) is 9.44. The third-order valence-electron chi connectivity index (χ3n) is 4.54. The molecule has 0 amide bonds. The molecule has 0 aliphatic carbocycles. The second kappa shape index (κ2) is 9.53. The van der Waals surface area contributed by atoms with Crippen molar-refractivity contribution >= 4 is 13.7 Å². The summed E-state index contributed by atoms with van der Waals surface area (Å²) < 4.78 is 49.1. The number of carbonyl (C=O) groups is 1. The van der Waals surface area contributed by atoms with Crippen LogP contribution in [0, 0.1) is 0 Å². The van der Waals surface area contributed by atoms with Gasteiger partial charge in [0.1, 0.15) is 24.0 Å². The number of hydrogen-bond acceptors (Lipinski definition) is 7. The molecule has 0 radical (unpaired) electrons. The van der Waals surface area contributed by atoms with E-state index in [0.717, 1.165) is 0 Å². The topological polar surface area (TPSA) is 103 Å². The molecule has 1 aromatic rings. The summed E-state index contributed by atoms with van der Waals surface area (Å²) in [5.74, 6) is -0.396. The Morgan fingerprint density at radius 3 is 2.48 bits per heavy atom. The monoisotopic (exact) mass is 433 g/mol. The van der Waals surface area contributed by atoms with Crippen LogP contribution in [0.4, 0.5) is 4.39 Å². The van der Waals surface area contributed by atoms with Gasteiger partial charge in [0.25, 0.3) is 0 Å². The number of benzene rings is 1. The van der Waals surface area contributed by atoms with Crippen molar-refractivity contribution in [2.24, 2.45) is 0 Å². The van der Waals surface area contributed by atoms with Crippen LogP contribution in [0.5, 0.6) is 5.75 Å². The predicted molar refractivity (Wildman–Crippen MR) is 104 cm³/mol. The molecule has 0 bridgehead atoms. The lowest BCUT2D eigenvalue weighted by Gasteiger charge is -2.25. The average molecular weight is 433 g/mol. The lowest BCUT2D eigenvalue weighted by atomic mass is 9.96. The van der Waals surface area contributed by atoms with Crippen molar-refractivity contribution in [3.05, 3.63) is 30.3 Å². The third kappa shape index (κ3) is 6.23. The van der Waals surface area contributed by atoms with Gasteiger partial charge in [-0.1, -0.05) is 18.2 Å². The molecular weight excluding hydrogens is 404 g/mol. The number of carbonyl (C=O) groups excluding carboxylic acids is 1. The van der Waals surface area contributed by atoms with Gasteiger partial charge in [-0.25, -0.2) is 8.96 Å². The Hall–Kier alpha value is -1.51. The van der Waals surface area contributed by atoms with E-state index >= 15 is 0 Å². The number of ether oxygens (including phenoxy) is 2. The van der Waals surface area contributed by atoms with Crippen LogP contribution in [0.25, 0.3) is 0 Å². The van der Waals surface area contributed by atoms with E-state index in [-0.39, 0.29) is 11.9 Å². The number of esters is 1. The highest BCUT2D eigenvalue weighted by atomic mass is 31.2. The van der Waals surface area contributed by atoms with Crippen molar-refractivity contribution in [1.29, 1.82) is 0 Å². The van der Waals surface area contributed by atoms with E-state index in [2.05, 4.69) is 5.09 Å². The molecule has 6 atom stereocenters. The van der Waals surface area contributed by atoms with E-state index in [1.54, 1.807) is 44.2 Å². The fourth-order valence-electron chi connectivity index (χ4n) is 2.71. The average Bonchev–Trinajstić information content (AvgIpc) is 2.83. The molecular formula is C19H29FNO7P. The molecule has 1 saturated heterocycles. The quantitative estimate of drug-likeness (QED) is 0.453. The molecule has 0 aromatic heterocycles. The van der Waals surface area contributed by atoms with E-state index in [4.69, 9.17) is 18.5 Å². The highest BCUT2D eigenvalue weighted by Gasteiger charge is 2.52. The van der Waals surface area contributed by atoms with Crippen molar-refractivity contribution in [2.45, 2.75) is 70.7 Å². The van der Waals surface area contributed by atoms with Crippen molar-refractivity contribution in [1.82, 2.24) is 5.09 Å². The number of rotatable bonds is 9. The Kier molecular flexibility index (Phi) is 7.81. The third-order valence-corrected chi connectivity index (χ3v) is 6.18. The Labute approximate surface area is 170 Å². The summed E-state index contributed by atoms with van der Waals surface area (Å²) in [6, 6.07) is 7.23. The standard InChI is InChI=1S/C19H29FNO7P/c1-12(2)26-18(23)13(3)21-29(24,28-15-9-7-6-8-10-15)25-11-16-17(22)19(5,20)14(4)27-16/h6-10,12-14,16-17,22H,11H2,1-5H3,(H,21,24)/t13?,14-,16+,17+,19-,29?/m0/s1. The molecule has 1 aromatic carbocycles. The van der Waals surface area contributed by atoms with Crippen molar-refractivity contribution < 1.29 is 37.4 Å². The lowest BCUT2D eigenvalue weighted by Crippen LogP contribution is -2.41. The van der Waals surface area contributed by atoms with Gasteiger partial charge in [0, 0.05) is 0 Å². The maximum Gasteiger partial charge on any atom is 0.459 e. The molecule has 2 unspecified atom stereocenters. The van der Waals surface area contributed by atoms with Crippen LogP contribution in [0.2, 0.25) is 0 Å². The smallest absolute Gasteiger partial charge is 0.459 e. The molecule has 1 fully saturated rings. The fourth-order valence-corrected chi connectivity index (χ4v) is 4.21. The largest absolute Gasteiger partial charge is 0.462 e. The number of alkyl halides is 1. The molecule has 0 spiro atoms. The summed E-state index contributed by atoms with van der Waals surface area (Å²) in [7, 11) is -4.10. The fraction of sp³-hybridized carbons (Fsp3) is 0.632. The number of hydrogen-bond donors (Lipinski definition) is 2. The Balaban J connectivity index is 2.12. The molecule has 0 saturated carbocycles. The maximum atomic E-state index is 14.4. The van der Waals surface area contributed by atoms with Gasteiger partial charge in [-0.15, -0.1) is 0 Å². The van der Waals surface area contributed by atoms with Gasteiger partial charge in [0.2, 0.25) is 0 Å². The number of halogens is 1. The van der Waals surface area contributed by atoms with Crippen LogP contribution in [0.15, 0.2) is 30.3 Å². The lowest BCUT2D eigenvalue weighted by molar-refractivity contribution is -0.149. The van der Waals surface area contributed by atoms with Gasteiger partial charge >= 0.3 is 13.7 Å². The van der Waals surface area contributed by atoms with Gasteiger partial charge in [0.05, 0.1) is 18.8 Å². The molecule has 2 N–H and O–H groups in total. The Morgan fingerprint density at radius 2 is 1.97 bits per heavy atom. The minimum atomic E-state index is -4.10. The SMILES string of the molecule is CC(C)OC(=O)C(C)NP(=O)(OC[C@H]1O[C@@H](C)[C@](C)(F)[C@@H]1O)Oc1ccccc1. The molecule has 1 aliphatic rings.